The molecule has 18 heavy (non-hydrogen) atoms. The van der Waals surface area contributed by atoms with Crippen molar-refractivity contribution in [2.45, 2.75) is 0 Å². The molecule has 0 aliphatic carbocycles. The number of pyridine rings is 1. The highest BCUT2D eigenvalue weighted by molar-refractivity contribution is 5.63. The molecule has 0 atom stereocenters. The number of hydrogen-bond donors (Lipinski definition) is 0. The van der Waals surface area contributed by atoms with Gasteiger partial charge in [0.2, 0.25) is 0 Å². The van der Waals surface area contributed by atoms with Gasteiger partial charge < -0.3 is 9.47 Å². The van der Waals surface area contributed by atoms with Gasteiger partial charge in [-0.3, -0.25) is 4.98 Å². The lowest BCUT2D eigenvalue weighted by Crippen LogP contribution is -1.92. The third kappa shape index (κ3) is 2.25. The van der Waals surface area contributed by atoms with Crippen LogP contribution in [0.4, 0.5) is 0 Å². The molecule has 0 unspecified atom stereocenters. The van der Waals surface area contributed by atoms with Crippen LogP contribution in [0, 0.1) is 11.3 Å². The molecule has 0 N–H and O–H groups in total. The number of nitrogens with zero attached hydrogens (tertiary/aromatic N) is 2. The van der Waals surface area contributed by atoms with Gasteiger partial charge in [-0.25, -0.2) is 0 Å². The van der Waals surface area contributed by atoms with E-state index in [0.717, 1.165) is 17.0 Å². The van der Waals surface area contributed by atoms with E-state index in [1.165, 1.54) is 7.11 Å². The molecule has 4 heteroatoms. The number of hydrogen-bond acceptors (Lipinski definition) is 4. The maximum absolute atomic E-state index is 9.03. The molecule has 0 fully saturated rings. The summed E-state index contributed by atoms with van der Waals surface area (Å²) in [5.74, 6) is 1.27. The lowest BCUT2D eigenvalue weighted by atomic mass is 10.1. The Balaban J connectivity index is 2.41. The maximum atomic E-state index is 9.03. The summed E-state index contributed by atoms with van der Waals surface area (Å²) in [6.07, 6.45) is 1.55. The normalized spacial score (nSPS) is 9.61. The van der Waals surface area contributed by atoms with Crippen molar-refractivity contribution in [1.29, 1.82) is 5.26 Å². The first kappa shape index (κ1) is 11.9. The van der Waals surface area contributed by atoms with E-state index in [9.17, 15) is 0 Å². The van der Waals surface area contributed by atoms with Crippen LogP contribution in [-0.2, 0) is 0 Å². The second kappa shape index (κ2) is 5.19. The van der Waals surface area contributed by atoms with Gasteiger partial charge in [-0.15, -0.1) is 0 Å². The number of methoxy groups -OCH3 is 2. The fourth-order valence-corrected chi connectivity index (χ4v) is 1.61. The molecule has 2 rings (SSSR count). The van der Waals surface area contributed by atoms with Gasteiger partial charge in [0.15, 0.2) is 5.75 Å². The van der Waals surface area contributed by atoms with Crippen molar-refractivity contribution in [2.75, 3.05) is 14.2 Å². The van der Waals surface area contributed by atoms with Gasteiger partial charge in [0.1, 0.15) is 11.8 Å². The summed E-state index contributed by atoms with van der Waals surface area (Å²) in [5.41, 5.74) is 2.13. The standard InChI is InChI=1S/C14H12N2O2/c1-17-12-5-3-10(4-6-12)13-7-11(8-15)14(18-2)9-16-13/h3-7,9H,1-2H3. The predicted molar refractivity (Wildman–Crippen MR) is 67.5 cm³/mol. The molecule has 90 valence electrons. The Morgan fingerprint density at radius 2 is 1.83 bits per heavy atom. The monoisotopic (exact) mass is 240 g/mol. The number of rotatable bonds is 3. The van der Waals surface area contributed by atoms with E-state index in [2.05, 4.69) is 11.1 Å². The Bertz CT molecular complexity index is 586. The number of benzene rings is 1. The molecule has 0 saturated heterocycles. The maximum Gasteiger partial charge on any atom is 0.154 e. The van der Waals surface area contributed by atoms with Crippen molar-refractivity contribution >= 4 is 0 Å². The van der Waals surface area contributed by atoms with E-state index in [-0.39, 0.29) is 0 Å². The fraction of sp³-hybridized carbons (Fsp3) is 0.143. The smallest absolute Gasteiger partial charge is 0.154 e. The van der Waals surface area contributed by atoms with E-state index in [4.69, 9.17) is 14.7 Å². The molecular formula is C14H12N2O2. The Labute approximate surface area is 105 Å². The van der Waals surface area contributed by atoms with E-state index in [0.29, 0.717) is 11.3 Å². The molecule has 0 radical (unpaired) electrons. The number of nitriles is 1. The van der Waals surface area contributed by atoms with Crippen molar-refractivity contribution in [2.24, 2.45) is 0 Å². The van der Waals surface area contributed by atoms with Gasteiger partial charge in [-0.1, -0.05) is 0 Å². The minimum atomic E-state index is 0.471. The van der Waals surface area contributed by atoms with Gasteiger partial charge in [-0.05, 0) is 30.3 Å². The molecule has 4 nitrogen and oxygen atoms in total. The number of ether oxygens (including phenoxy) is 2. The van der Waals surface area contributed by atoms with Gasteiger partial charge in [-0.2, -0.15) is 5.26 Å². The number of aromatic nitrogens is 1. The van der Waals surface area contributed by atoms with Crippen LogP contribution in [0.1, 0.15) is 5.56 Å². The third-order valence-electron chi connectivity index (χ3n) is 2.59. The molecular weight excluding hydrogens is 228 g/mol. The average molecular weight is 240 g/mol. The molecule has 0 bridgehead atoms. The van der Waals surface area contributed by atoms with Crippen molar-refractivity contribution in [3.63, 3.8) is 0 Å². The molecule has 0 saturated carbocycles. The third-order valence-corrected chi connectivity index (χ3v) is 2.59. The highest BCUT2D eigenvalue weighted by atomic mass is 16.5. The summed E-state index contributed by atoms with van der Waals surface area (Å²) in [5, 5.41) is 9.03. The van der Waals surface area contributed by atoms with Crippen LogP contribution in [0.15, 0.2) is 36.5 Å². The van der Waals surface area contributed by atoms with E-state index in [1.807, 2.05) is 24.3 Å². The lowest BCUT2D eigenvalue weighted by Gasteiger charge is -2.06. The van der Waals surface area contributed by atoms with Crippen molar-refractivity contribution in [3.8, 4) is 28.8 Å². The second-order valence-corrected chi connectivity index (χ2v) is 3.61. The fourth-order valence-electron chi connectivity index (χ4n) is 1.61. The highest BCUT2D eigenvalue weighted by Crippen LogP contribution is 2.24. The Kier molecular flexibility index (Phi) is 3.44. The zero-order valence-electron chi connectivity index (χ0n) is 10.2. The Morgan fingerprint density at radius 1 is 1.11 bits per heavy atom. The quantitative estimate of drug-likeness (QED) is 0.827. The molecule has 1 aromatic carbocycles. The molecule has 1 heterocycles. The molecule has 0 amide bonds. The van der Waals surface area contributed by atoms with Gasteiger partial charge in [0, 0.05) is 5.56 Å². The SMILES string of the molecule is COc1ccc(-c2cc(C#N)c(OC)cn2)cc1. The summed E-state index contributed by atoms with van der Waals surface area (Å²) >= 11 is 0. The lowest BCUT2D eigenvalue weighted by molar-refractivity contribution is 0.411. The average Bonchev–Trinajstić information content (AvgIpc) is 2.46. The second-order valence-electron chi connectivity index (χ2n) is 3.61. The van der Waals surface area contributed by atoms with Gasteiger partial charge in [0.25, 0.3) is 0 Å². The van der Waals surface area contributed by atoms with Crippen molar-refractivity contribution in [3.05, 3.63) is 42.1 Å². The van der Waals surface area contributed by atoms with Crippen LogP contribution >= 0.6 is 0 Å². The van der Waals surface area contributed by atoms with E-state index < -0.39 is 0 Å². The molecule has 0 aliphatic heterocycles. The summed E-state index contributed by atoms with van der Waals surface area (Å²) in [6, 6.07) is 11.3. The summed E-state index contributed by atoms with van der Waals surface area (Å²) in [4.78, 5) is 4.27. The van der Waals surface area contributed by atoms with Gasteiger partial charge in [0.05, 0.1) is 31.7 Å². The van der Waals surface area contributed by atoms with Crippen molar-refractivity contribution < 1.29 is 9.47 Å². The zero-order valence-corrected chi connectivity index (χ0v) is 10.2. The van der Waals surface area contributed by atoms with Crippen LogP contribution < -0.4 is 9.47 Å². The first-order chi connectivity index (χ1) is 8.78. The molecule has 2 aromatic rings. The van der Waals surface area contributed by atoms with Crippen LogP contribution in [0.5, 0.6) is 11.5 Å². The van der Waals surface area contributed by atoms with Crippen molar-refractivity contribution in [1.82, 2.24) is 4.98 Å². The zero-order chi connectivity index (χ0) is 13.0. The minimum absolute atomic E-state index is 0.471. The van der Waals surface area contributed by atoms with Crippen LogP contribution in [0.2, 0.25) is 0 Å². The van der Waals surface area contributed by atoms with Crippen LogP contribution in [-0.4, -0.2) is 19.2 Å². The Morgan fingerprint density at radius 3 is 2.39 bits per heavy atom. The molecule has 0 aliphatic rings. The Hall–Kier alpha value is -2.54. The van der Waals surface area contributed by atoms with Crippen LogP contribution in [0.25, 0.3) is 11.3 Å². The van der Waals surface area contributed by atoms with Crippen LogP contribution in [0.3, 0.4) is 0 Å². The van der Waals surface area contributed by atoms with E-state index in [1.54, 1.807) is 19.4 Å². The summed E-state index contributed by atoms with van der Waals surface area (Å²) < 4.78 is 10.2. The first-order valence-corrected chi connectivity index (χ1v) is 5.37. The first-order valence-electron chi connectivity index (χ1n) is 5.37. The summed E-state index contributed by atoms with van der Waals surface area (Å²) in [6.45, 7) is 0. The highest BCUT2D eigenvalue weighted by Gasteiger charge is 2.06. The predicted octanol–water partition coefficient (Wildman–Crippen LogP) is 2.64. The topological polar surface area (TPSA) is 55.1 Å². The summed E-state index contributed by atoms with van der Waals surface area (Å²) in [7, 11) is 3.14. The minimum Gasteiger partial charge on any atom is -0.497 e. The molecule has 0 spiro atoms. The van der Waals surface area contributed by atoms with Gasteiger partial charge >= 0.3 is 0 Å². The molecule has 1 aromatic heterocycles. The van der Waals surface area contributed by atoms with E-state index >= 15 is 0 Å². The largest absolute Gasteiger partial charge is 0.497 e.